The largest absolute Gasteiger partial charge is 0.391 e. The summed E-state index contributed by atoms with van der Waals surface area (Å²) in [6.45, 7) is 1.43. The van der Waals surface area contributed by atoms with Crippen LogP contribution in [-0.4, -0.2) is 50.1 Å². The summed E-state index contributed by atoms with van der Waals surface area (Å²) in [6, 6.07) is 0. The lowest BCUT2D eigenvalue weighted by Gasteiger charge is -2.21. The molecule has 1 amide bonds. The normalized spacial score (nSPS) is 22.8. The molecule has 16 heavy (non-hydrogen) atoms. The summed E-state index contributed by atoms with van der Waals surface area (Å²) in [6.07, 6.45) is 2.57. The van der Waals surface area contributed by atoms with Gasteiger partial charge in [-0.1, -0.05) is 0 Å². The topological polar surface area (TPSA) is 67.8 Å². The molecule has 1 aliphatic rings. The minimum absolute atomic E-state index is 0.0654. The molecule has 2 atom stereocenters. The highest BCUT2D eigenvalue weighted by Crippen LogP contribution is 2.12. The fraction of sp³-hybridized carbons (Fsp3) is 0.909. The molecule has 1 heterocycles. The molecule has 2 N–H and O–H groups in total. The molecule has 1 fully saturated rings. The predicted octanol–water partition coefficient (Wildman–Crippen LogP) is 0.0691. The van der Waals surface area contributed by atoms with E-state index in [2.05, 4.69) is 5.32 Å². The van der Waals surface area contributed by atoms with Gasteiger partial charge in [0.15, 0.2) is 0 Å². The van der Waals surface area contributed by atoms with Gasteiger partial charge in [0.05, 0.1) is 12.7 Å². The number of rotatable bonds is 6. The van der Waals surface area contributed by atoms with Crippen molar-refractivity contribution in [2.24, 2.45) is 0 Å². The Kier molecular flexibility index (Phi) is 6.37. The second kappa shape index (κ2) is 7.60. The van der Waals surface area contributed by atoms with Gasteiger partial charge in [-0.2, -0.15) is 0 Å². The van der Waals surface area contributed by atoms with Crippen LogP contribution in [0.5, 0.6) is 0 Å². The molecule has 0 spiro atoms. The summed E-state index contributed by atoms with van der Waals surface area (Å²) in [5.74, 6) is -0.0654. The lowest BCUT2D eigenvalue weighted by Crippen LogP contribution is -2.39. The van der Waals surface area contributed by atoms with Crippen LogP contribution in [0.1, 0.15) is 25.7 Å². The summed E-state index contributed by atoms with van der Waals surface area (Å²) < 4.78 is 10.1. The third-order valence-corrected chi connectivity index (χ3v) is 2.61. The number of hydrogen-bond donors (Lipinski definition) is 2. The zero-order valence-corrected chi connectivity index (χ0v) is 9.78. The van der Waals surface area contributed by atoms with E-state index >= 15 is 0 Å². The highest BCUT2D eigenvalue weighted by molar-refractivity contribution is 5.80. The van der Waals surface area contributed by atoms with Gasteiger partial charge in [0.25, 0.3) is 0 Å². The van der Waals surface area contributed by atoms with E-state index in [1.54, 1.807) is 0 Å². The Morgan fingerprint density at radius 2 is 2.44 bits per heavy atom. The number of aliphatic hydroxyl groups is 1. The van der Waals surface area contributed by atoms with Gasteiger partial charge in [-0.15, -0.1) is 0 Å². The molecule has 0 aromatic carbocycles. The van der Waals surface area contributed by atoms with Crippen molar-refractivity contribution >= 4 is 5.91 Å². The molecule has 5 heteroatoms. The Morgan fingerprint density at radius 3 is 3.06 bits per heavy atom. The number of methoxy groups -OCH3 is 1. The standard InChI is InChI=1S/C11H21NO4/c1-15-8-9(13)5-6-12-11(14)10-4-2-3-7-16-10/h9-10,13H,2-8H2,1H3,(H,12,14). The SMILES string of the molecule is COCC(O)CCNC(=O)C1CCCCO1. The van der Waals surface area contributed by atoms with Gasteiger partial charge >= 0.3 is 0 Å². The molecule has 0 aliphatic carbocycles. The van der Waals surface area contributed by atoms with Crippen molar-refractivity contribution in [1.82, 2.24) is 5.32 Å². The molecule has 1 rings (SSSR count). The molecular formula is C11H21NO4. The van der Waals surface area contributed by atoms with Gasteiger partial charge in [0, 0.05) is 20.3 Å². The zero-order valence-electron chi connectivity index (χ0n) is 9.78. The van der Waals surface area contributed by atoms with Crippen LogP contribution in [0.25, 0.3) is 0 Å². The highest BCUT2D eigenvalue weighted by atomic mass is 16.5. The van der Waals surface area contributed by atoms with Crippen molar-refractivity contribution in [2.45, 2.75) is 37.9 Å². The van der Waals surface area contributed by atoms with E-state index in [9.17, 15) is 9.90 Å². The van der Waals surface area contributed by atoms with Crippen LogP contribution in [0, 0.1) is 0 Å². The molecule has 0 aromatic heterocycles. The van der Waals surface area contributed by atoms with E-state index in [1.807, 2.05) is 0 Å². The number of aliphatic hydroxyl groups excluding tert-OH is 1. The molecule has 2 unspecified atom stereocenters. The number of nitrogens with one attached hydrogen (secondary N) is 1. The Morgan fingerprint density at radius 1 is 1.62 bits per heavy atom. The molecule has 0 bridgehead atoms. The van der Waals surface area contributed by atoms with Crippen LogP contribution >= 0.6 is 0 Å². The predicted molar refractivity (Wildman–Crippen MR) is 59.1 cm³/mol. The Labute approximate surface area is 96.1 Å². The number of amides is 1. The van der Waals surface area contributed by atoms with E-state index in [1.165, 1.54) is 7.11 Å². The van der Waals surface area contributed by atoms with Gasteiger partial charge in [0.2, 0.25) is 5.91 Å². The maximum atomic E-state index is 11.6. The number of carbonyl (C=O) groups excluding carboxylic acids is 1. The van der Waals surface area contributed by atoms with E-state index in [0.717, 1.165) is 19.3 Å². The van der Waals surface area contributed by atoms with Crippen molar-refractivity contribution in [3.63, 3.8) is 0 Å². The second-order valence-corrected chi connectivity index (χ2v) is 4.04. The van der Waals surface area contributed by atoms with Crippen LogP contribution < -0.4 is 5.32 Å². The van der Waals surface area contributed by atoms with Crippen molar-refractivity contribution in [2.75, 3.05) is 26.9 Å². The van der Waals surface area contributed by atoms with E-state index in [4.69, 9.17) is 9.47 Å². The van der Waals surface area contributed by atoms with E-state index < -0.39 is 6.10 Å². The second-order valence-electron chi connectivity index (χ2n) is 4.04. The number of ether oxygens (including phenoxy) is 2. The molecule has 0 aromatic rings. The fourth-order valence-electron chi connectivity index (χ4n) is 1.70. The molecule has 0 saturated carbocycles. The zero-order chi connectivity index (χ0) is 11.8. The first kappa shape index (κ1) is 13.4. The third kappa shape index (κ3) is 4.92. The summed E-state index contributed by atoms with van der Waals surface area (Å²) in [5.41, 5.74) is 0. The molecule has 0 radical (unpaired) electrons. The third-order valence-electron chi connectivity index (χ3n) is 2.61. The Hall–Kier alpha value is -0.650. The molecule has 1 saturated heterocycles. The minimum atomic E-state index is -0.516. The summed E-state index contributed by atoms with van der Waals surface area (Å²) in [4.78, 5) is 11.6. The van der Waals surface area contributed by atoms with Gasteiger partial charge in [-0.3, -0.25) is 4.79 Å². The van der Waals surface area contributed by atoms with Crippen LogP contribution in [-0.2, 0) is 14.3 Å². The quantitative estimate of drug-likeness (QED) is 0.679. The van der Waals surface area contributed by atoms with Crippen LogP contribution in [0.3, 0.4) is 0 Å². The molecule has 1 aliphatic heterocycles. The maximum Gasteiger partial charge on any atom is 0.249 e. The Balaban J connectivity index is 2.09. The minimum Gasteiger partial charge on any atom is -0.391 e. The first-order valence-electron chi connectivity index (χ1n) is 5.80. The maximum absolute atomic E-state index is 11.6. The monoisotopic (exact) mass is 231 g/mol. The Bertz CT molecular complexity index is 204. The van der Waals surface area contributed by atoms with E-state index in [0.29, 0.717) is 26.2 Å². The molecule has 94 valence electrons. The lowest BCUT2D eigenvalue weighted by atomic mass is 10.1. The van der Waals surface area contributed by atoms with E-state index in [-0.39, 0.29) is 12.0 Å². The van der Waals surface area contributed by atoms with Crippen molar-refractivity contribution in [3.05, 3.63) is 0 Å². The average Bonchev–Trinajstić information content (AvgIpc) is 2.30. The summed E-state index contributed by atoms with van der Waals surface area (Å²) in [5, 5.41) is 12.1. The van der Waals surface area contributed by atoms with Gasteiger partial charge in [-0.05, 0) is 25.7 Å². The molecule has 5 nitrogen and oxygen atoms in total. The smallest absolute Gasteiger partial charge is 0.249 e. The van der Waals surface area contributed by atoms with Crippen molar-refractivity contribution in [3.8, 4) is 0 Å². The van der Waals surface area contributed by atoms with Crippen LogP contribution in [0.15, 0.2) is 0 Å². The fourth-order valence-corrected chi connectivity index (χ4v) is 1.70. The van der Waals surface area contributed by atoms with Gasteiger partial charge in [0.1, 0.15) is 6.10 Å². The summed E-state index contributed by atoms with van der Waals surface area (Å²) >= 11 is 0. The molecular weight excluding hydrogens is 210 g/mol. The van der Waals surface area contributed by atoms with Crippen LogP contribution in [0.2, 0.25) is 0 Å². The number of carbonyl (C=O) groups is 1. The average molecular weight is 231 g/mol. The first-order chi connectivity index (χ1) is 7.74. The lowest BCUT2D eigenvalue weighted by molar-refractivity contribution is -0.135. The van der Waals surface area contributed by atoms with Gasteiger partial charge in [-0.25, -0.2) is 0 Å². The van der Waals surface area contributed by atoms with Crippen LogP contribution in [0.4, 0.5) is 0 Å². The van der Waals surface area contributed by atoms with Crippen molar-refractivity contribution < 1.29 is 19.4 Å². The first-order valence-corrected chi connectivity index (χ1v) is 5.80. The highest BCUT2D eigenvalue weighted by Gasteiger charge is 2.21. The number of hydrogen-bond acceptors (Lipinski definition) is 4. The summed E-state index contributed by atoms with van der Waals surface area (Å²) in [7, 11) is 1.54. The van der Waals surface area contributed by atoms with Gasteiger partial charge < -0.3 is 19.9 Å². The van der Waals surface area contributed by atoms with Crippen molar-refractivity contribution in [1.29, 1.82) is 0 Å².